The minimum atomic E-state index is -3.91. The molecule has 0 aliphatic carbocycles. The predicted octanol–water partition coefficient (Wildman–Crippen LogP) is 0.648. The topological polar surface area (TPSA) is 63.2 Å². The Hall–Kier alpha value is 0.684. The van der Waals surface area contributed by atoms with Gasteiger partial charge in [-0.3, -0.25) is 4.72 Å². The summed E-state index contributed by atoms with van der Waals surface area (Å²) in [5.74, 6) is -0.944. The second-order valence-electron chi connectivity index (χ2n) is 1.46. The van der Waals surface area contributed by atoms with Crippen molar-refractivity contribution in [3.05, 3.63) is 13.8 Å². The molecule has 0 aromatic rings. The monoisotopic (exact) mass is 288 g/mol. The van der Waals surface area contributed by atoms with Crippen molar-refractivity contribution in [1.29, 1.82) is 0 Å². The van der Waals surface area contributed by atoms with Crippen molar-refractivity contribution in [2.45, 2.75) is 13.3 Å². The van der Waals surface area contributed by atoms with Crippen LogP contribution in [0.25, 0.3) is 0 Å². The van der Waals surface area contributed by atoms with E-state index in [0.29, 0.717) is 0 Å². The van der Waals surface area contributed by atoms with E-state index in [0.717, 1.165) is 6.42 Å². The van der Waals surface area contributed by atoms with Crippen molar-refractivity contribution in [1.82, 2.24) is 4.72 Å². The fraction of sp³-hybridized carbons (Fsp3) is 0.400. The summed E-state index contributed by atoms with van der Waals surface area (Å²) in [7, 11) is 0.615. The summed E-state index contributed by atoms with van der Waals surface area (Å²) in [4.78, 5) is 9.77. The largest absolute Gasteiger partial charge is 0.344 e. The Bertz CT molecular complexity index is 205. The van der Waals surface area contributed by atoms with Crippen molar-refractivity contribution < 1.29 is 45.9 Å². The van der Waals surface area contributed by atoms with Crippen LogP contribution in [0.4, 0.5) is 0 Å². The minimum absolute atomic E-state index is 0. The molecule has 0 saturated carbocycles. The van der Waals surface area contributed by atoms with E-state index in [-0.39, 0.29) is 32.7 Å². The summed E-state index contributed by atoms with van der Waals surface area (Å²) in [5.41, 5.74) is 0. The van der Waals surface area contributed by atoms with Gasteiger partial charge in [0.05, 0.1) is 5.91 Å². The van der Waals surface area contributed by atoms with Gasteiger partial charge in [-0.2, -0.15) is 14.8 Å². The molecule has 1 N–H and O–H groups in total. The first-order valence-corrected chi connectivity index (χ1v) is 5.02. The van der Waals surface area contributed by atoms with Crippen LogP contribution in [0.15, 0.2) is 0 Å². The molecule has 0 atom stereocenters. The number of rotatable bonds is 1. The van der Waals surface area contributed by atoms with Crippen molar-refractivity contribution >= 4 is 25.8 Å². The van der Waals surface area contributed by atoms with Gasteiger partial charge >= 0.3 is 9.24 Å². The number of nitrogens with one attached hydrogen (secondary N) is 1. The molecule has 0 bridgehead atoms. The fourth-order valence-electron chi connectivity index (χ4n) is 0.136. The average molecular weight is 289 g/mol. The summed E-state index contributed by atoms with van der Waals surface area (Å²) >= 11 is 0. The van der Waals surface area contributed by atoms with E-state index in [9.17, 15) is 13.2 Å². The molecular weight excluding hydrogens is 278 g/mol. The molecule has 0 aromatic heterocycles. The number of hydrogen-bond donors (Lipinski definition) is 1. The maximum Gasteiger partial charge on any atom is 0.319 e. The molecule has 0 spiro atoms. The molecule has 0 aliphatic heterocycles. The zero-order chi connectivity index (χ0) is 9.49. The molecule has 0 saturated heterocycles. The number of amides is 1. The van der Waals surface area contributed by atoms with E-state index in [2.05, 4.69) is 24.5 Å². The summed E-state index contributed by atoms with van der Waals surface area (Å²) in [6, 6.07) is 0. The minimum Gasteiger partial charge on any atom is -0.344 e. The number of hydrogen-bond acceptors (Lipinski definition) is 3. The van der Waals surface area contributed by atoms with Crippen LogP contribution in [0.5, 0.6) is 0 Å². The van der Waals surface area contributed by atoms with Gasteiger partial charge in [-0.25, -0.2) is 0 Å². The maximum absolute atomic E-state index is 9.84. The summed E-state index contributed by atoms with van der Waals surface area (Å²) in [6.45, 7) is 8.21. The number of carbonyl (C=O) groups is 1. The zero-order valence-corrected chi connectivity index (χ0v) is 11.1. The standard InChI is InChI=1S/C3H7.C2H3ClNO3S.Y/c1-3-2;1-2(5)4-8(3,6)7;/h1,3H2,2H3;1H2,(H,4,5);/q2*-1;. The average Bonchev–Trinajstić information content (AvgIpc) is 1.57. The van der Waals surface area contributed by atoms with Crippen molar-refractivity contribution in [3.63, 3.8) is 0 Å². The smallest absolute Gasteiger partial charge is 0.319 e. The molecule has 0 aromatic carbocycles. The molecule has 12 heavy (non-hydrogen) atoms. The van der Waals surface area contributed by atoms with Crippen LogP contribution in [-0.2, 0) is 46.7 Å². The zero-order valence-electron chi connectivity index (χ0n) is 6.71. The fourth-order valence-corrected chi connectivity index (χ4v) is 0.666. The van der Waals surface area contributed by atoms with Crippen LogP contribution in [0.1, 0.15) is 13.3 Å². The first-order valence-electron chi connectivity index (χ1n) is 2.71. The second kappa shape index (κ2) is 9.77. The first-order chi connectivity index (χ1) is 4.83. The third-order valence-corrected chi connectivity index (χ3v) is 0.939. The van der Waals surface area contributed by atoms with Crippen LogP contribution in [0, 0.1) is 13.8 Å². The second-order valence-corrected chi connectivity index (χ2v) is 3.76. The van der Waals surface area contributed by atoms with Gasteiger partial charge in [0.1, 0.15) is 0 Å². The Morgan fingerprint density at radius 1 is 1.58 bits per heavy atom. The van der Waals surface area contributed by atoms with Gasteiger partial charge in [0.2, 0.25) is 0 Å². The molecule has 0 heterocycles. The van der Waals surface area contributed by atoms with Gasteiger partial charge in [0.15, 0.2) is 0 Å². The van der Waals surface area contributed by atoms with Gasteiger partial charge in [-0.15, -0.1) is 0 Å². The summed E-state index contributed by atoms with van der Waals surface area (Å²) in [5, 5.41) is 0. The molecule has 0 fully saturated rings. The van der Waals surface area contributed by atoms with Crippen LogP contribution in [-0.4, -0.2) is 14.3 Å². The van der Waals surface area contributed by atoms with E-state index in [1.807, 2.05) is 6.92 Å². The molecule has 0 aliphatic rings. The molecular formula is C5H10ClNO3SY-2. The molecule has 4 nitrogen and oxygen atoms in total. The molecule has 7 heteroatoms. The van der Waals surface area contributed by atoms with Gasteiger partial charge < -0.3 is 18.6 Å². The van der Waals surface area contributed by atoms with E-state index in [1.54, 1.807) is 0 Å². The molecule has 1 amide bonds. The summed E-state index contributed by atoms with van der Waals surface area (Å²) < 4.78 is 21.0. The molecule has 1 radical (unpaired) electrons. The van der Waals surface area contributed by atoms with Gasteiger partial charge in [-0.1, -0.05) is 6.92 Å². The third kappa shape index (κ3) is 31.0. The number of halogens is 1. The van der Waals surface area contributed by atoms with E-state index in [4.69, 9.17) is 0 Å². The van der Waals surface area contributed by atoms with Crippen LogP contribution in [0.3, 0.4) is 0 Å². The van der Waals surface area contributed by atoms with Crippen LogP contribution in [0.2, 0.25) is 0 Å². The van der Waals surface area contributed by atoms with Gasteiger partial charge in [0.25, 0.3) is 0 Å². The van der Waals surface area contributed by atoms with E-state index < -0.39 is 15.1 Å². The number of carbonyl (C=O) groups excluding carboxylic acids is 1. The third-order valence-electron chi connectivity index (χ3n) is 0.236. The van der Waals surface area contributed by atoms with Crippen LogP contribution < -0.4 is 4.72 Å². The van der Waals surface area contributed by atoms with Crippen LogP contribution >= 0.6 is 10.7 Å². The molecule has 0 rings (SSSR count). The Kier molecular flexibility index (Phi) is 15.0. The van der Waals surface area contributed by atoms with Crippen molar-refractivity contribution in [2.75, 3.05) is 0 Å². The Morgan fingerprint density at radius 2 is 1.83 bits per heavy atom. The first kappa shape index (κ1) is 18.5. The molecule has 0 unspecified atom stereocenters. The quantitative estimate of drug-likeness (QED) is 0.569. The van der Waals surface area contributed by atoms with Crippen molar-refractivity contribution in [3.8, 4) is 0 Å². The van der Waals surface area contributed by atoms with Crippen molar-refractivity contribution in [2.24, 2.45) is 0 Å². The maximum atomic E-state index is 9.84. The predicted molar refractivity (Wildman–Crippen MR) is 43.9 cm³/mol. The Morgan fingerprint density at radius 3 is 1.83 bits per heavy atom. The Labute approximate surface area is 103 Å². The SMILES string of the molecule is [CH2-]C(=O)NS(=O)(=O)Cl.[CH2-]CC.[Y]. The normalized spacial score (nSPS) is 8.58. The van der Waals surface area contributed by atoms with Gasteiger partial charge in [-0.05, 0) is 0 Å². The van der Waals surface area contributed by atoms with E-state index in [1.165, 1.54) is 4.72 Å². The molecule has 71 valence electrons. The Balaban J connectivity index is -0.000000177. The van der Waals surface area contributed by atoms with E-state index >= 15 is 0 Å². The summed E-state index contributed by atoms with van der Waals surface area (Å²) in [6.07, 6.45) is 1.00. The van der Waals surface area contributed by atoms with Gasteiger partial charge in [0, 0.05) is 43.4 Å².